The predicted octanol–water partition coefficient (Wildman–Crippen LogP) is 3.56. The zero-order valence-electron chi connectivity index (χ0n) is 15.6. The van der Waals surface area contributed by atoms with Crippen LogP contribution >= 0.6 is 0 Å². The number of aromatic nitrogens is 1. The van der Waals surface area contributed by atoms with E-state index < -0.39 is 11.6 Å². The summed E-state index contributed by atoms with van der Waals surface area (Å²) in [6.45, 7) is 0.386. The summed E-state index contributed by atoms with van der Waals surface area (Å²) in [5.41, 5.74) is -0.266. The number of oxazole rings is 1. The summed E-state index contributed by atoms with van der Waals surface area (Å²) in [5, 5.41) is 2.85. The molecule has 1 amide bonds. The second-order valence-corrected chi connectivity index (χ2v) is 6.51. The third-order valence-corrected chi connectivity index (χ3v) is 4.32. The van der Waals surface area contributed by atoms with E-state index in [0.717, 1.165) is 17.9 Å². The molecule has 28 heavy (non-hydrogen) atoms. The van der Waals surface area contributed by atoms with E-state index in [1.54, 1.807) is 12.3 Å². The van der Waals surface area contributed by atoms with Crippen LogP contribution in [0.5, 0.6) is 0 Å². The second-order valence-electron chi connectivity index (χ2n) is 6.51. The van der Waals surface area contributed by atoms with Crippen LogP contribution in [-0.2, 0) is 11.2 Å². The zero-order chi connectivity index (χ0) is 20.1. The molecule has 0 fully saturated rings. The Morgan fingerprint density at radius 2 is 1.96 bits per heavy atom. The lowest BCUT2D eigenvalue weighted by molar-refractivity contribution is -0.121. The highest BCUT2D eigenvalue weighted by molar-refractivity contribution is 5.76. The number of hydrogen-bond donors (Lipinski definition) is 1. The molecule has 2 aromatic heterocycles. The summed E-state index contributed by atoms with van der Waals surface area (Å²) >= 11 is 0. The van der Waals surface area contributed by atoms with Crippen molar-refractivity contribution < 1.29 is 22.4 Å². The SMILES string of the molecule is CN(C)[C@H](CNC(=O)CCc1ncc(-c2c(F)cccc2F)o1)c1ccco1. The van der Waals surface area contributed by atoms with Crippen LogP contribution in [0.1, 0.15) is 24.1 Å². The highest BCUT2D eigenvalue weighted by atomic mass is 19.1. The summed E-state index contributed by atoms with van der Waals surface area (Å²) in [6.07, 6.45) is 3.20. The van der Waals surface area contributed by atoms with E-state index in [2.05, 4.69) is 10.3 Å². The number of nitrogens with zero attached hydrogens (tertiary/aromatic N) is 2. The Labute approximate surface area is 161 Å². The van der Waals surface area contributed by atoms with Gasteiger partial charge in [0.25, 0.3) is 0 Å². The van der Waals surface area contributed by atoms with Crippen molar-refractivity contribution in [2.45, 2.75) is 18.9 Å². The summed E-state index contributed by atoms with van der Waals surface area (Å²) in [6, 6.07) is 7.14. The minimum Gasteiger partial charge on any atom is -0.468 e. The van der Waals surface area contributed by atoms with Crippen LogP contribution in [0.3, 0.4) is 0 Å². The van der Waals surface area contributed by atoms with Crippen LogP contribution in [0.4, 0.5) is 8.78 Å². The molecule has 3 aromatic rings. The monoisotopic (exact) mass is 389 g/mol. The Morgan fingerprint density at radius 1 is 1.21 bits per heavy atom. The van der Waals surface area contributed by atoms with Crippen molar-refractivity contribution in [1.29, 1.82) is 0 Å². The number of carbonyl (C=O) groups excluding carboxylic acids is 1. The van der Waals surface area contributed by atoms with E-state index in [9.17, 15) is 13.6 Å². The molecule has 0 aliphatic heterocycles. The van der Waals surface area contributed by atoms with Gasteiger partial charge in [-0.25, -0.2) is 13.8 Å². The third-order valence-electron chi connectivity index (χ3n) is 4.32. The minimum absolute atomic E-state index is 0.00324. The Morgan fingerprint density at radius 3 is 2.61 bits per heavy atom. The van der Waals surface area contributed by atoms with Crippen LogP contribution in [-0.4, -0.2) is 36.4 Å². The first-order valence-corrected chi connectivity index (χ1v) is 8.81. The van der Waals surface area contributed by atoms with Crippen LogP contribution in [0.25, 0.3) is 11.3 Å². The van der Waals surface area contributed by atoms with Gasteiger partial charge < -0.3 is 14.2 Å². The summed E-state index contributed by atoms with van der Waals surface area (Å²) in [7, 11) is 3.80. The molecule has 0 saturated heterocycles. The zero-order valence-corrected chi connectivity index (χ0v) is 15.6. The molecule has 1 N–H and O–H groups in total. The van der Waals surface area contributed by atoms with E-state index in [-0.39, 0.29) is 42.0 Å². The van der Waals surface area contributed by atoms with Gasteiger partial charge in [-0.2, -0.15) is 0 Å². The van der Waals surface area contributed by atoms with Gasteiger partial charge in [0.05, 0.1) is 24.1 Å². The normalized spacial score (nSPS) is 12.3. The van der Waals surface area contributed by atoms with Gasteiger partial charge >= 0.3 is 0 Å². The summed E-state index contributed by atoms with van der Waals surface area (Å²) in [5.74, 6) is -0.648. The minimum atomic E-state index is -0.729. The first-order valence-electron chi connectivity index (χ1n) is 8.81. The number of halogens is 2. The molecule has 148 valence electrons. The molecule has 1 aromatic carbocycles. The number of likely N-dealkylation sites (N-methyl/N-ethyl adjacent to an activating group) is 1. The molecular weight excluding hydrogens is 368 g/mol. The number of aryl methyl sites for hydroxylation is 1. The fourth-order valence-electron chi connectivity index (χ4n) is 2.81. The maximum Gasteiger partial charge on any atom is 0.220 e. The fraction of sp³-hybridized carbons (Fsp3) is 0.300. The molecular formula is C20H21F2N3O3. The fourth-order valence-corrected chi connectivity index (χ4v) is 2.81. The van der Waals surface area contributed by atoms with Crippen LogP contribution in [0.15, 0.2) is 51.6 Å². The molecule has 1 atom stereocenters. The lowest BCUT2D eigenvalue weighted by atomic mass is 10.1. The van der Waals surface area contributed by atoms with Gasteiger partial charge in [0.2, 0.25) is 5.91 Å². The van der Waals surface area contributed by atoms with Crippen molar-refractivity contribution >= 4 is 5.91 Å². The van der Waals surface area contributed by atoms with Crippen molar-refractivity contribution in [3.8, 4) is 11.3 Å². The van der Waals surface area contributed by atoms with Crippen molar-refractivity contribution in [2.24, 2.45) is 0 Å². The maximum absolute atomic E-state index is 13.8. The van der Waals surface area contributed by atoms with Crippen LogP contribution in [0.2, 0.25) is 0 Å². The number of furan rings is 1. The summed E-state index contributed by atoms with van der Waals surface area (Å²) in [4.78, 5) is 18.1. The number of nitrogens with one attached hydrogen (secondary N) is 1. The largest absolute Gasteiger partial charge is 0.468 e. The molecule has 0 aliphatic rings. The van der Waals surface area contributed by atoms with Gasteiger partial charge in [0.15, 0.2) is 11.7 Å². The van der Waals surface area contributed by atoms with Crippen LogP contribution in [0, 0.1) is 11.6 Å². The van der Waals surface area contributed by atoms with Crippen molar-refractivity contribution in [3.05, 3.63) is 66.1 Å². The van der Waals surface area contributed by atoms with Crippen LogP contribution < -0.4 is 5.32 Å². The molecule has 0 unspecified atom stereocenters. The molecule has 0 aliphatic carbocycles. The van der Waals surface area contributed by atoms with Gasteiger partial charge in [-0.05, 0) is 38.4 Å². The van der Waals surface area contributed by atoms with Crippen molar-refractivity contribution in [3.63, 3.8) is 0 Å². The average molecular weight is 389 g/mol. The maximum atomic E-state index is 13.8. The molecule has 3 rings (SSSR count). The standard InChI is InChI=1S/C20H21F2N3O3/c1-25(2)15(16-7-4-10-27-16)11-23-18(26)8-9-19-24-12-17(28-19)20-13(21)5-3-6-14(20)22/h3-7,10,12,15H,8-9,11H2,1-2H3,(H,23,26)/t15-/m1/s1. The van der Waals surface area contributed by atoms with E-state index in [0.29, 0.717) is 6.54 Å². The lowest BCUT2D eigenvalue weighted by Gasteiger charge is -2.22. The Kier molecular flexibility index (Phi) is 6.20. The number of carbonyl (C=O) groups is 1. The molecule has 0 spiro atoms. The van der Waals surface area contributed by atoms with E-state index in [4.69, 9.17) is 8.83 Å². The van der Waals surface area contributed by atoms with Gasteiger partial charge in [-0.3, -0.25) is 9.69 Å². The average Bonchev–Trinajstić information content (AvgIpc) is 3.32. The highest BCUT2D eigenvalue weighted by Gasteiger charge is 2.19. The van der Waals surface area contributed by atoms with Gasteiger partial charge in [0, 0.05) is 19.4 Å². The summed E-state index contributed by atoms with van der Waals surface area (Å²) < 4.78 is 38.4. The molecule has 0 radical (unpaired) electrons. The first kappa shape index (κ1) is 19.8. The van der Waals surface area contributed by atoms with Crippen molar-refractivity contribution in [1.82, 2.24) is 15.2 Å². The molecule has 2 heterocycles. The van der Waals surface area contributed by atoms with E-state index in [1.165, 1.54) is 12.3 Å². The molecule has 0 saturated carbocycles. The lowest BCUT2D eigenvalue weighted by Crippen LogP contribution is -2.34. The third kappa shape index (κ3) is 4.64. The topological polar surface area (TPSA) is 71.5 Å². The van der Waals surface area contributed by atoms with E-state index in [1.807, 2.05) is 25.1 Å². The molecule has 6 nitrogen and oxygen atoms in total. The van der Waals surface area contributed by atoms with Gasteiger partial charge in [0.1, 0.15) is 17.4 Å². The molecule has 0 bridgehead atoms. The number of amides is 1. The molecule has 8 heteroatoms. The number of rotatable bonds is 8. The predicted molar refractivity (Wildman–Crippen MR) is 98.3 cm³/mol. The Bertz CT molecular complexity index is 902. The van der Waals surface area contributed by atoms with E-state index >= 15 is 0 Å². The number of hydrogen-bond acceptors (Lipinski definition) is 5. The quantitative estimate of drug-likeness (QED) is 0.638. The Balaban J connectivity index is 1.55. The number of benzene rings is 1. The van der Waals surface area contributed by atoms with Gasteiger partial charge in [-0.1, -0.05) is 6.07 Å². The van der Waals surface area contributed by atoms with Gasteiger partial charge in [-0.15, -0.1) is 0 Å². The first-order chi connectivity index (χ1) is 13.5. The Hall–Kier alpha value is -3.00. The smallest absolute Gasteiger partial charge is 0.220 e. The highest BCUT2D eigenvalue weighted by Crippen LogP contribution is 2.26. The van der Waals surface area contributed by atoms with Crippen molar-refractivity contribution in [2.75, 3.05) is 20.6 Å². The second kappa shape index (κ2) is 8.79.